The molecule has 29 heavy (non-hydrogen) atoms. The van der Waals surface area contributed by atoms with Crippen molar-refractivity contribution in [1.29, 1.82) is 0 Å². The molecule has 0 aliphatic rings. The summed E-state index contributed by atoms with van der Waals surface area (Å²) >= 11 is 6.06. The summed E-state index contributed by atoms with van der Waals surface area (Å²) < 4.78 is 25.2. The second kappa shape index (κ2) is 9.16. The Bertz CT molecular complexity index is 1080. The highest BCUT2D eigenvalue weighted by atomic mass is 35.5. The number of ether oxygens (including phenoxy) is 2. The summed E-state index contributed by atoms with van der Waals surface area (Å²) in [5.41, 5.74) is 3.32. The maximum absolute atomic E-state index is 14.0. The van der Waals surface area contributed by atoms with Crippen LogP contribution in [0.1, 0.15) is 16.8 Å². The summed E-state index contributed by atoms with van der Waals surface area (Å²) in [6.07, 6.45) is 1.46. The van der Waals surface area contributed by atoms with Gasteiger partial charge >= 0.3 is 5.69 Å². The minimum Gasteiger partial charge on any atom is -0.493 e. The molecule has 0 fully saturated rings. The Morgan fingerprint density at radius 3 is 2.86 bits per heavy atom. The van der Waals surface area contributed by atoms with E-state index in [1.54, 1.807) is 31.2 Å². The molecule has 0 bridgehead atoms. The van der Waals surface area contributed by atoms with Gasteiger partial charge in [-0.3, -0.25) is 5.43 Å². The number of para-hydroxylation sites is 1. The molecule has 0 saturated carbocycles. The number of anilines is 1. The number of hydrogen-bond donors (Lipinski definition) is 2. The van der Waals surface area contributed by atoms with E-state index in [2.05, 4.69) is 25.7 Å². The summed E-state index contributed by atoms with van der Waals surface area (Å²) in [6, 6.07) is 9.61. The Balaban J connectivity index is 1.84. The van der Waals surface area contributed by atoms with Gasteiger partial charge in [-0.25, -0.2) is 14.3 Å². The quantitative estimate of drug-likeness (QED) is 0.452. The van der Waals surface area contributed by atoms with Gasteiger partial charge in [-0.05, 0) is 31.2 Å². The molecular formula is C19H17ClFN5O3. The Kier molecular flexibility index (Phi) is 6.40. The van der Waals surface area contributed by atoms with Crippen molar-refractivity contribution in [3.8, 4) is 11.5 Å². The van der Waals surface area contributed by atoms with Gasteiger partial charge in [0.2, 0.25) is 0 Å². The number of nitrogens with one attached hydrogen (secondary N) is 2. The third-order valence-corrected chi connectivity index (χ3v) is 4.26. The molecule has 0 spiro atoms. The van der Waals surface area contributed by atoms with E-state index in [1.807, 2.05) is 0 Å². The molecule has 0 aliphatic heterocycles. The van der Waals surface area contributed by atoms with E-state index < -0.39 is 11.5 Å². The highest BCUT2D eigenvalue weighted by molar-refractivity contribution is 6.31. The first-order chi connectivity index (χ1) is 14.0. The maximum Gasteiger partial charge on any atom is 0.363 e. The van der Waals surface area contributed by atoms with Crippen LogP contribution >= 0.6 is 11.6 Å². The Morgan fingerprint density at radius 2 is 2.10 bits per heavy atom. The monoisotopic (exact) mass is 417 g/mol. The van der Waals surface area contributed by atoms with Crippen molar-refractivity contribution in [1.82, 2.24) is 15.2 Å². The molecule has 2 aromatic carbocycles. The number of hydrazone groups is 1. The SMILES string of the molecule is COc1cccc(C=NNc2nc(=O)[nH]nc2C)c1OCc1c(F)cccc1Cl. The van der Waals surface area contributed by atoms with E-state index >= 15 is 0 Å². The lowest BCUT2D eigenvalue weighted by Gasteiger charge is -2.14. The van der Waals surface area contributed by atoms with E-state index in [9.17, 15) is 9.18 Å². The fraction of sp³-hybridized carbons (Fsp3) is 0.158. The van der Waals surface area contributed by atoms with E-state index in [0.29, 0.717) is 22.8 Å². The molecule has 150 valence electrons. The number of halogens is 2. The molecule has 0 unspecified atom stereocenters. The number of methoxy groups -OCH3 is 1. The molecule has 1 aromatic heterocycles. The minimum atomic E-state index is -0.597. The van der Waals surface area contributed by atoms with Crippen LogP contribution < -0.4 is 20.6 Å². The van der Waals surface area contributed by atoms with Crippen LogP contribution in [0.3, 0.4) is 0 Å². The number of aryl methyl sites for hydroxylation is 1. The third kappa shape index (κ3) is 4.88. The molecule has 10 heteroatoms. The predicted molar refractivity (Wildman–Crippen MR) is 107 cm³/mol. The molecule has 8 nitrogen and oxygen atoms in total. The van der Waals surface area contributed by atoms with Crippen LogP contribution in [0.2, 0.25) is 5.02 Å². The Labute approximate surface area is 170 Å². The van der Waals surface area contributed by atoms with Gasteiger partial charge in [0.15, 0.2) is 17.3 Å². The van der Waals surface area contributed by atoms with Crippen LogP contribution in [-0.2, 0) is 6.61 Å². The van der Waals surface area contributed by atoms with Crippen LogP contribution in [0.25, 0.3) is 0 Å². The number of hydrogen-bond acceptors (Lipinski definition) is 7. The van der Waals surface area contributed by atoms with Crippen molar-refractivity contribution >= 4 is 23.6 Å². The van der Waals surface area contributed by atoms with Crippen LogP contribution in [0.4, 0.5) is 10.2 Å². The van der Waals surface area contributed by atoms with Gasteiger partial charge < -0.3 is 9.47 Å². The average Bonchev–Trinajstić information content (AvgIpc) is 2.70. The normalized spacial score (nSPS) is 10.9. The van der Waals surface area contributed by atoms with Crippen molar-refractivity contribution in [2.24, 2.45) is 5.10 Å². The number of H-pyrrole nitrogens is 1. The molecule has 0 amide bonds. The zero-order chi connectivity index (χ0) is 20.8. The lowest BCUT2D eigenvalue weighted by molar-refractivity contribution is 0.279. The lowest BCUT2D eigenvalue weighted by atomic mass is 10.2. The summed E-state index contributed by atoms with van der Waals surface area (Å²) in [5, 5.41) is 10.4. The van der Waals surface area contributed by atoms with Gasteiger partial charge in [0.05, 0.1) is 18.3 Å². The first-order valence-corrected chi connectivity index (χ1v) is 8.82. The molecule has 0 saturated heterocycles. The van der Waals surface area contributed by atoms with Gasteiger partial charge in [0, 0.05) is 11.1 Å². The van der Waals surface area contributed by atoms with Gasteiger partial charge in [-0.15, -0.1) is 0 Å². The highest BCUT2D eigenvalue weighted by Gasteiger charge is 2.13. The minimum absolute atomic E-state index is 0.0984. The molecule has 0 radical (unpaired) electrons. The van der Waals surface area contributed by atoms with Crippen LogP contribution in [-0.4, -0.2) is 28.5 Å². The lowest BCUT2D eigenvalue weighted by Crippen LogP contribution is -2.15. The number of aromatic amines is 1. The molecule has 2 N–H and O–H groups in total. The van der Waals surface area contributed by atoms with Crippen LogP contribution in [0, 0.1) is 12.7 Å². The molecule has 0 atom stereocenters. The fourth-order valence-corrected chi connectivity index (χ4v) is 2.64. The topological polar surface area (TPSA) is 101 Å². The van der Waals surface area contributed by atoms with E-state index in [-0.39, 0.29) is 23.0 Å². The average molecular weight is 418 g/mol. The van der Waals surface area contributed by atoms with Gasteiger partial charge in [0.25, 0.3) is 0 Å². The predicted octanol–water partition coefficient (Wildman–Crippen LogP) is 3.30. The summed E-state index contributed by atoms with van der Waals surface area (Å²) in [7, 11) is 1.49. The largest absolute Gasteiger partial charge is 0.493 e. The fourth-order valence-electron chi connectivity index (χ4n) is 2.43. The first-order valence-electron chi connectivity index (χ1n) is 8.44. The molecule has 3 aromatic rings. The Hall–Kier alpha value is -3.46. The second-order valence-electron chi connectivity index (χ2n) is 5.81. The van der Waals surface area contributed by atoms with E-state index in [1.165, 1.54) is 25.5 Å². The summed E-state index contributed by atoms with van der Waals surface area (Å²) in [4.78, 5) is 15.0. The Morgan fingerprint density at radius 1 is 1.31 bits per heavy atom. The zero-order valence-electron chi connectivity index (χ0n) is 15.6. The standard InChI is InChI=1S/C19H17ClFN5O3/c1-11-18(23-19(27)26-24-11)25-22-9-12-5-3-8-16(28-2)17(12)29-10-13-14(20)6-4-7-15(13)21/h3-9H,10H2,1-2H3,(H2,23,25,26,27). The number of rotatable bonds is 7. The van der Waals surface area contributed by atoms with Gasteiger partial charge in [-0.1, -0.05) is 23.7 Å². The summed E-state index contributed by atoms with van der Waals surface area (Å²) in [5.74, 6) is 0.545. The van der Waals surface area contributed by atoms with Crippen molar-refractivity contribution in [2.75, 3.05) is 12.5 Å². The third-order valence-electron chi connectivity index (χ3n) is 3.90. The van der Waals surface area contributed by atoms with Crippen molar-refractivity contribution in [3.63, 3.8) is 0 Å². The van der Waals surface area contributed by atoms with Crippen molar-refractivity contribution < 1.29 is 13.9 Å². The number of nitrogens with zero attached hydrogens (tertiary/aromatic N) is 3. The molecular weight excluding hydrogens is 401 g/mol. The molecule has 1 heterocycles. The second-order valence-corrected chi connectivity index (χ2v) is 6.22. The number of benzene rings is 2. The van der Waals surface area contributed by atoms with Crippen molar-refractivity contribution in [2.45, 2.75) is 13.5 Å². The van der Waals surface area contributed by atoms with Gasteiger partial charge in [0.1, 0.15) is 18.1 Å². The maximum atomic E-state index is 14.0. The molecule has 3 rings (SSSR count). The van der Waals surface area contributed by atoms with Crippen molar-refractivity contribution in [3.05, 3.63) is 74.5 Å². The van der Waals surface area contributed by atoms with E-state index in [0.717, 1.165) is 0 Å². The smallest absolute Gasteiger partial charge is 0.363 e. The molecule has 0 aliphatic carbocycles. The van der Waals surface area contributed by atoms with Crippen LogP contribution in [0.15, 0.2) is 46.3 Å². The van der Waals surface area contributed by atoms with Gasteiger partial charge in [-0.2, -0.15) is 15.2 Å². The zero-order valence-corrected chi connectivity index (χ0v) is 16.3. The first kappa shape index (κ1) is 20.3. The van der Waals surface area contributed by atoms with E-state index in [4.69, 9.17) is 21.1 Å². The highest BCUT2D eigenvalue weighted by Crippen LogP contribution is 2.32. The summed E-state index contributed by atoms with van der Waals surface area (Å²) in [6.45, 7) is 1.57. The number of aromatic nitrogens is 3. The van der Waals surface area contributed by atoms with Crippen LogP contribution in [0.5, 0.6) is 11.5 Å².